The third-order valence-corrected chi connectivity index (χ3v) is 5.09. The Morgan fingerprint density at radius 3 is 2.61 bits per heavy atom. The van der Waals surface area contributed by atoms with Crippen LogP contribution in [0.15, 0.2) is 12.3 Å². The lowest BCUT2D eigenvalue weighted by atomic mass is 9.84. The van der Waals surface area contributed by atoms with Crippen molar-refractivity contribution in [3.8, 4) is 17.3 Å². The maximum absolute atomic E-state index is 13.4. The third-order valence-electron chi connectivity index (χ3n) is 5.09. The normalized spacial score (nSPS) is 13.9. The van der Waals surface area contributed by atoms with Crippen LogP contribution in [0.3, 0.4) is 0 Å². The highest BCUT2D eigenvalue weighted by Crippen LogP contribution is 2.42. The summed E-state index contributed by atoms with van der Waals surface area (Å²) in [6.45, 7) is 0. The predicted octanol–water partition coefficient (Wildman–Crippen LogP) is 3.97. The Morgan fingerprint density at radius 1 is 1.25 bits per heavy atom. The fourth-order valence-corrected chi connectivity index (χ4v) is 3.90. The second-order valence-electron chi connectivity index (χ2n) is 6.69. The van der Waals surface area contributed by atoms with Crippen LogP contribution < -0.4 is 5.73 Å². The molecule has 0 saturated carbocycles. The highest BCUT2D eigenvalue weighted by molar-refractivity contribution is 6.07. The number of nitrogen functional groups attached to an aromatic ring is 1. The van der Waals surface area contributed by atoms with Crippen molar-refractivity contribution in [1.82, 2.24) is 15.2 Å². The number of hydrogen-bond donors (Lipinski definition) is 3. The number of fused-ring (bicyclic) bond motifs is 3. The van der Waals surface area contributed by atoms with Gasteiger partial charge < -0.3 is 11.1 Å². The van der Waals surface area contributed by atoms with Crippen LogP contribution in [-0.4, -0.2) is 21.4 Å². The van der Waals surface area contributed by atoms with E-state index in [2.05, 4.69) is 10.1 Å². The first kappa shape index (κ1) is 18.0. The highest BCUT2D eigenvalue weighted by Gasteiger charge is 2.37. The van der Waals surface area contributed by atoms with E-state index in [9.17, 15) is 18.4 Å². The number of alkyl halides is 3. The maximum Gasteiger partial charge on any atom is 0.433 e. The molecule has 2 aromatic heterocycles. The molecule has 0 atom stereocenters. The third kappa shape index (κ3) is 2.60. The number of anilines is 1. The summed E-state index contributed by atoms with van der Waals surface area (Å²) in [6.07, 6.45) is 0.473. The number of rotatable bonds is 2. The summed E-state index contributed by atoms with van der Waals surface area (Å²) in [5.74, 6) is 0. The largest absolute Gasteiger partial charge is 0.433 e. The van der Waals surface area contributed by atoms with E-state index in [1.807, 2.05) is 11.2 Å². The van der Waals surface area contributed by atoms with Crippen LogP contribution in [-0.2, 0) is 19.0 Å². The standard InChI is InChI=1S/C19H15F3N6/c20-19(21,22)18-13(8-26-28-18)17-11-4-2-1-3-10(11)15-12(7-24)14(25)5-9(6-23)16(15)27-17/h5,7-8,24H,1-4,25H2,(H,26,28). The summed E-state index contributed by atoms with van der Waals surface area (Å²) in [7, 11) is 0. The monoisotopic (exact) mass is 384 g/mol. The number of hydrogen-bond acceptors (Lipinski definition) is 5. The number of halogens is 3. The first-order valence-electron chi connectivity index (χ1n) is 8.66. The molecule has 3 aromatic rings. The molecule has 0 aliphatic heterocycles. The van der Waals surface area contributed by atoms with Crippen molar-refractivity contribution in [1.29, 1.82) is 10.7 Å². The average molecular weight is 384 g/mol. The summed E-state index contributed by atoms with van der Waals surface area (Å²) in [4.78, 5) is 4.48. The van der Waals surface area contributed by atoms with Crippen molar-refractivity contribution < 1.29 is 13.2 Å². The van der Waals surface area contributed by atoms with Crippen LogP contribution in [0, 0.1) is 16.7 Å². The molecule has 1 aliphatic carbocycles. The Labute approximate surface area is 157 Å². The van der Waals surface area contributed by atoms with Gasteiger partial charge in [0.1, 0.15) is 11.8 Å². The van der Waals surface area contributed by atoms with Crippen molar-refractivity contribution in [2.45, 2.75) is 31.9 Å². The zero-order chi connectivity index (χ0) is 20.1. The Bertz CT molecular complexity index is 1150. The molecule has 9 heteroatoms. The lowest BCUT2D eigenvalue weighted by Gasteiger charge is -2.23. The molecule has 0 radical (unpaired) electrons. The number of H-pyrrole nitrogens is 1. The van der Waals surface area contributed by atoms with Crippen molar-refractivity contribution in [3.05, 3.63) is 40.2 Å². The number of aromatic amines is 1. The number of aromatic nitrogens is 3. The molecule has 4 rings (SSSR count). The Balaban J connectivity index is 2.16. The summed E-state index contributed by atoms with van der Waals surface area (Å²) >= 11 is 0. The smallest absolute Gasteiger partial charge is 0.398 e. The molecule has 6 nitrogen and oxygen atoms in total. The highest BCUT2D eigenvalue weighted by atomic mass is 19.4. The minimum Gasteiger partial charge on any atom is -0.398 e. The quantitative estimate of drug-likeness (QED) is 0.458. The Hall–Kier alpha value is -3.41. The van der Waals surface area contributed by atoms with Crippen LogP contribution >= 0.6 is 0 Å². The minimum atomic E-state index is -4.61. The van der Waals surface area contributed by atoms with E-state index in [-0.39, 0.29) is 28.0 Å². The number of benzene rings is 1. The molecule has 1 aromatic carbocycles. The Kier molecular flexibility index (Phi) is 4.07. The summed E-state index contributed by atoms with van der Waals surface area (Å²) in [5, 5.41) is 23.5. The summed E-state index contributed by atoms with van der Waals surface area (Å²) in [6, 6.07) is 3.43. The van der Waals surface area contributed by atoms with Crippen LogP contribution in [0.4, 0.5) is 18.9 Å². The molecule has 0 spiro atoms. The van der Waals surface area contributed by atoms with Gasteiger partial charge in [0.05, 0.1) is 28.5 Å². The summed E-state index contributed by atoms with van der Waals surface area (Å²) in [5.41, 5.74) is 7.77. The fourth-order valence-electron chi connectivity index (χ4n) is 3.90. The van der Waals surface area contributed by atoms with Crippen LogP contribution in [0.1, 0.15) is 40.8 Å². The number of nitriles is 1. The molecule has 28 heavy (non-hydrogen) atoms. The van der Waals surface area contributed by atoms with Gasteiger partial charge in [-0.25, -0.2) is 4.98 Å². The second-order valence-corrected chi connectivity index (χ2v) is 6.69. The van der Waals surface area contributed by atoms with Gasteiger partial charge in [0, 0.05) is 22.9 Å². The molecule has 0 unspecified atom stereocenters. The molecule has 0 saturated heterocycles. The molecule has 4 N–H and O–H groups in total. The zero-order valence-electron chi connectivity index (χ0n) is 14.6. The molecule has 0 fully saturated rings. The van der Waals surface area contributed by atoms with Gasteiger partial charge >= 0.3 is 6.18 Å². The number of nitrogens with one attached hydrogen (secondary N) is 2. The molecule has 142 valence electrons. The molecule has 2 heterocycles. The Morgan fingerprint density at radius 2 is 1.96 bits per heavy atom. The van der Waals surface area contributed by atoms with Crippen molar-refractivity contribution >= 4 is 22.8 Å². The van der Waals surface area contributed by atoms with Crippen LogP contribution in [0.25, 0.3) is 22.2 Å². The first-order chi connectivity index (χ1) is 13.4. The molecule has 0 bridgehead atoms. The number of aryl methyl sites for hydroxylation is 1. The molecular formula is C19H15F3N6. The first-order valence-corrected chi connectivity index (χ1v) is 8.66. The molecule has 0 amide bonds. The van der Waals surface area contributed by atoms with E-state index >= 15 is 0 Å². The molecular weight excluding hydrogens is 369 g/mol. The summed E-state index contributed by atoms with van der Waals surface area (Å²) < 4.78 is 40.3. The van der Waals surface area contributed by atoms with Crippen LogP contribution in [0.2, 0.25) is 0 Å². The van der Waals surface area contributed by atoms with Gasteiger partial charge in [-0.3, -0.25) is 5.10 Å². The van der Waals surface area contributed by atoms with E-state index in [4.69, 9.17) is 11.1 Å². The van der Waals surface area contributed by atoms with Gasteiger partial charge in [-0.2, -0.15) is 23.5 Å². The van der Waals surface area contributed by atoms with Gasteiger partial charge in [0.25, 0.3) is 0 Å². The van der Waals surface area contributed by atoms with Crippen molar-refractivity contribution in [3.63, 3.8) is 0 Å². The molecule has 1 aliphatic rings. The lowest BCUT2D eigenvalue weighted by molar-refractivity contribution is -0.140. The van der Waals surface area contributed by atoms with E-state index < -0.39 is 11.9 Å². The second kappa shape index (κ2) is 6.34. The topological polar surface area (TPSA) is 115 Å². The van der Waals surface area contributed by atoms with Gasteiger partial charge in [-0.15, -0.1) is 0 Å². The van der Waals surface area contributed by atoms with E-state index in [0.717, 1.165) is 30.8 Å². The SMILES string of the molecule is N#Cc1cc(N)c(C=N)c2c3c(c(-c4cn[nH]c4C(F)(F)F)nc12)CCCC3. The van der Waals surface area contributed by atoms with Crippen molar-refractivity contribution in [2.24, 2.45) is 0 Å². The predicted molar refractivity (Wildman–Crippen MR) is 98.0 cm³/mol. The number of pyridine rings is 1. The average Bonchev–Trinajstić information content (AvgIpc) is 3.17. The fraction of sp³-hybridized carbons (Fsp3) is 0.263. The van der Waals surface area contributed by atoms with E-state index in [1.54, 1.807) is 0 Å². The van der Waals surface area contributed by atoms with Crippen LogP contribution in [0.5, 0.6) is 0 Å². The van der Waals surface area contributed by atoms with Crippen molar-refractivity contribution in [2.75, 3.05) is 5.73 Å². The minimum absolute atomic E-state index is 0.135. The van der Waals surface area contributed by atoms with Gasteiger partial charge in [-0.05, 0) is 42.9 Å². The van der Waals surface area contributed by atoms with Gasteiger partial charge in [0.15, 0.2) is 0 Å². The lowest BCUT2D eigenvalue weighted by Crippen LogP contribution is -2.13. The van der Waals surface area contributed by atoms with E-state index in [1.165, 1.54) is 6.07 Å². The van der Waals surface area contributed by atoms with E-state index in [0.29, 0.717) is 29.4 Å². The number of nitrogens with zero attached hydrogens (tertiary/aromatic N) is 3. The van der Waals surface area contributed by atoms with Gasteiger partial charge in [0.2, 0.25) is 0 Å². The maximum atomic E-state index is 13.4. The zero-order valence-corrected chi connectivity index (χ0v) is 14.6. The van der Waals surface area contributed by atoms with Gasteiger partial charge in [-0.1, -0.05) is 0 Å². The number of nitrogens with two attached hydrogens (primary N) is 1.